The molecule has 0 atom stereocenters. The molecule has 0 saturated carbocycles. The fourth-order valence-electron chi connectivity index (χ4n) is 2.91. The minimum absolute atomic E-state index is 0. The van der Waals surface area contributed by atoms with E-state index < -0.39 is 0 Å². The van der Waals surface area contributed by atoms with E-state index in [-0.39, 0.29) is 24.0 Å². The van der Waals surface area contributed by atoms with E-state index >= 15 is 0 Å². The van der Waals surface area contributed by atoms with E-state index in [1.807, 2.05) is 12.1 Å². The van der Waals surface area contributed by atoms with E-state index in [0.717, 1.165) is 42.5 Å². The van der Waals surface area contributed by atoms with Crippen LogP contribution in [0.3, 0.4) is 0 Å². The Morgan fingerprint density at radius 3 is 2.31 bits per heavy atom. The number of halogens is 1. The zero-order valence-electron chi connectivity index (χ0n) is 17.9. The van der Waals surface area contributed by atoms with Gasteiger partial charge in [0, 0.05) is 49.3 Å². The summed E-state index contributed by atoms with van der Waals surface area (Å²) in [5, 5.41) is 5.49. The number of hydrogen-bond acceptors (Lipinski definition) is 5. The van der Waals surface area contributed by atoms with Gasteiger partial charge in [-0.05, 0) is 31.2 Å². The smallest absolute Gasteiger partial charge is 0.193 e. The molecule has 6 nitrogen and oxygen atoms in total. The Morgan fingerprint density at radius 2 is 1.79 bits per heavy atom. The molecule has 1 aromatic heterocycles. The number of nitrogens with one attached hydrogen (secondary N) is 1. The quantitative estimate of drug-likeness (QED) is 0.284. The molecule has 1 N–H and O–H groups in total. The highest BCUT2D eigenvalue weighted by Gasteiger charge is 2.13. The summed E-state index contributed by atoms with van der Waals surface area (Å²) >= 11 is 1.79. The Morgan fingerprint density at radius 1 is 1.10 bits per heavy atom. The monoisotopic (exact) mass is 533 g/mol. The second-order valence-corrected chi connectivity index (χ2v) is 7.28. The number of ether oxygens (including phenoxy) is 3. The third-order valence-electron chi connectivity index (χ3n) is 4.41. The molecule has 162 valence electrons. The maximum absolute atomic E-state index is 5.53. The van der Waals surface area contributed by atoms with Crippen molar-refractivity contribution in [3.8, 4) is 17.2 Å². The lowest BCUT2D eigenvalue weighted by Crippen LogP contribution is -2.40. The molecule has 0 aliphatic rings. The van der Waals surface area contributed by atoms with Crippen molar-refractivity contribution < 1.29 is 14.2 Å². The van der Waals surface area contributed by atoms with Gasteiger partial charge in [0.15, 0.2) is 5.96 Å². The van der Waals surface area contributed by atoms with Crippen LogP contribution in [0.5, 0.6) is 17.2 Å². The second kappa shape index (κ2) is 13.5. The maximum Gasteiger partial charge on any atom is 0.193 e. The second-order valence-electron chi connectivity index (χ2n) is 6.25. The fourth-order valence-corrected chi connectivity index (χ4v) is 3.60. The van der Waals surface area contributed by atoms with Crippen LogP contribution in [0.2, 0.25) is 0 Å². The summed E-state index contributed by atoms with van der Waals surface area (Å²) in [5.41, 5.74) is 0.992. The Hall–Kier alpha value is -1.68. The molecule has 1 aromatic carbocycles. The van der Waals surface area contributed by atoms with Gasteiger partial charge in [-0.3, -0.25) is 4.99 Å². The number of methoxy groups -OCH3 is 3. The first-order valence-corrected chi connectivity index (χ1v) is 10.3. The lowest BCUT2D eigenvalue weighted by atomic mass is 10.1. The summed E-state index contributed by atoms with van der Waals surface area (Å²) in [4.78, 5) is 8.35. The summed E-state index contributed by atoms with van der Waals surface area (Å²) in [6.07, 6.45) is 1.72. The molecular formula is C21H32IN3O3S. The topological polar surface area (TPSA) is 55.3 Å². The highest BCUT2D eigenvalue weighted by atomic mass is 127. The number of likely N-dealkylation sites (N-methyl/N-ethyl adjacent to an activating group) is 1. The summed E-state index contributed by atoms with van der Waals surface area (Å²) in [5.74, 6) is 3.12. The summed E-state index contributed by atoms with van der Waals surface area (Å²) in [7, 11) is 7.02. The minimum atomic E-state index is 0. The van der Waals surface area contributed by atoms with Crippen molar-refractivity contribution in [3.05, 3.63) is 40.1 Å². The van der Waals surface area contributed by atoms with Gasteiger partial charge < -0.3 is 24.4 Å². The molecule has 29 heavy (non-hydrogen) atoms. The predicted molar refractivity (Wildman–Crippen MR) is 132 cm³/mol. The van der Waals surface area contributed by atoms with Crippen LogP contribution in [0.25, 0.3) is 0 Å². The van der Waals surface area contributed by atoms with Crippen LogP contribution in [-0.4, -0.2) is 58.9 Å². The van der Waals surface area contributed by atoms with E-state index in [9.17, 15) is 0 Å². The molecule has 0 bridgehead atoms. The Bertz CT molecular complexity index is 729. The number of nitrogens with zero attached hydrogens (tertiary/aromatic N) is 2. The number of rotatable bonds is 10. The van der Waals surface area contributed by atoms with Gasteiger partial charge in [0.2, 0.25) is 0 Å². The SMILES string of the molecule is CCNC(=NCCc1c(OC)cc(OC)cc1OC)N(C)CCc1cccs1.I. The van der Waals surface area contributed by atoms with Gasteiger partial charge >= 0.3 is 0 Å². The summed E-state index contributed by atoms with van der Waals surface area (Å²) < 4.78 is 16.4. The third-order valence-corrected chi connectivity index (χ3v) is 5.35. The molecule has 0 amide bonds. The Balaban J connectivity index is 0.00000420. The largest absolute Gasteiger partial charge is 0.496 e. The molecule has 0 aliphatic carbocycles. The normalized spacial score (nSPS) is 10.9. The standard InChI is InChI=1S/C21H31N3O3S.HI/c1-6-22-21(24(2)12-10-17-8-7-13-28-17)23-11-9-18-19(26-4)14-16(25-3)15-20(18)27-5;/h7-8,13-15H,6,9-12H2,1-5H3,(H,22,23);1H. The van der Waals surface area contributed by atoms with E-state index in [0.29, 0.717) is 18.7 Å². The van der Waals surface area contributed by atoms with Crippen LogP contribution in [-0.2, 0) is 12.8 Å². The molecule has 0 fully saturated rings. The van der Waals surface area contributed by atoms with Crippen molar-refractivity contribution >= 4 is 41.3 Å². The van der Waals surface area contributed by atoms with Crippen LogP contribution in [0.1, 0.15) is 17.4 Å². The first-order chi connectivity index (χ1) is 13.6. The fraction of sp³-hybridized carbons (Fsp3) is 0.476. The predicted octanol–water partition coefficient (Wildman–Crippen LogP) is 4.07. The van der Waals surface area contributed by atoms with Gasteiger partial charge in [-0.2, -0.15) is 0 Å². The van der Waals surface area contributed by atoms with Crippen LogP contribution in [0, 0.1) is 0 Å². The number of thiophene rings is 1. The molecular weight excluding hydrogens is 501 g/mol. The molecule has 0 spiro atoms. The first kappa shape index (κ1) is 25.4. The third kappa shape index (κ3) is 7.58. The number of guanidine groups is 1. The van der Waals surface area contributed by atoms with E-state index in [4.69, 9.17) is 19.2 Å². The lowest BCUT2D eigenvalue weighted by molar-refractivity contribution is 0.369. The van der Waals surface area contributed by atoms with Crippen LogP contribution < -0.4 is 19.5 Å². The van der Waals surface area contributed by atoms with Crippen molar-refractivity contribution in [2.45, 2.75) is 19.8 Å². The summed E-state index contributed by atoms with van der Waals surface area (Å²) in [6.45, 7) is 4.46. The number of benzene rings is 1. The highest BCUT2D eigenvalue weighted by Crippen LogP contribution is 2.34. The van der Waals surface area contributed by atoms with Crippen molar-refractivity contribution in [2.75, 3.05) is 48.0 Å². The highest BCUT2D eigenvalue weighted by molar-refractivity contribution is 14.0. The Labute approximate surface area is 195 Å². The molecule has 0 aliphatic heterocycles. The first-order valence-electron chi connectivity index (χ1n) is 9.43. The molecule has 0 unspecified atom stereocenters. The van der Waals surface area contributed by atoms with Crippen molar-refractivity contribution in [2.24, 2.45) is 4.99 Å². The van der Waals surface area contributed by atoms with Gasteiger partial charge in [-0.25, -0.2) is 0 Å². The van der Waals surface area contributed by atoms with Crippen LogP contribution in [0.4, 0.5) is 0 Å². The zero-order chi connectivity index (χ0) is 20.4. The molecule has 0 radical (unpaired) electrons. The van der Waals surface area contributed by atoms with Gasteiger partial charge in [-0.15, -0.1) is 35.3 Å². The van der Waals surface area contributed by atoms with Crippen molar-refractivity contribution in [3.63, 3.8) is 0 Å². The molecule has 2 aromatic rings. The van der Waals surface area contributed by atoms with Gasteiger partial charge in [-0.1, -0.05) is 6.07 Å². The average Bonchev–Trinajstić information content (AvgIpc) is 3.24. The van der Waals surface area contributed by atoms with Crippen molar-refractivity contribution in [1.82, 2.24) is 10.2 Å². The van der Waals surface area contributed by atoms with Crippen LogP contribution >= 0.6 is 35.3 Å². The molecule has 0 saturated heterocycles. The Kier molecular flexibility index (Phi) is 11.8. The van der Waals surface area contributed by atoms with Gasteiger partial charge in [0.25, 0.3) is 0 Å². The number of hydrogen-bond donors (Lipinski definition) is 1. The average molecular weight is 533 g/mol. The van der Waals surface area contributed by atoms with E-state index in [1.54, 1.807) is 32.7 Å². The molecule has 1 heterocycles. The van der Waals surface area contributed by atoms with Crippen molar-refractivity contribution in [1.29, 1.82) is 0 Å². The van der Waals surface area contributed by atoms with E-state index in [2.05, 4.69) is 41.7 Å². The van der Waals surface area contributed by atoms with Gasteiger partial charge in [0.05, 0.1) is 21.3 Å². The molecule has 2 rings (SSSR count). The molecule has 8 heteroatoms. The lowest BCUT2D eigenvalue weighted by Gasteiger charge is -2.22. The maximum atomic E-state index is 5.53. The van der Waals surface area contributed by atoms with Crippen LogP contribution in [0.15, 0.2) is 34.6 Å². The number of aliphatic imine (C=N–C) groups is 1. The minimum Gasteiger partial charge on any atom is -0.496 e. The van der Waals surface area contributed by atoms with Gasteiger partial charge in [0.1, 0.15) is 17.2 Å². The summed E-state index contributed by atoms with van der Waals surface area (Å²) in [6, 6.07) is 8.01. The zero-order valence-corrected chi connectivity index (χ0v) is 21.0. The van der Waals surface area contributed by atoms with E-state index in [1.165, 1.54) is 4.88 Å².